The molecule has 0 fully saturated rings. The number of hydrogen-bond donors (Lipinski definition) is 2. The molecule has 2 rings (SSSR count). The molecule has 17 heavy (non-hydrogen) atoms. The van der Waals surface area contributed by atoms with Gasteiger partial charge in [-0.25, -0.2) is 4.98 Å². The zero-order valence-electron chi connectivity index (χ0n) is 8.71. The minimum atomic E-state index is -0.226. The molecule has 2 aromatic rings. The molecule has 1 heterocycles. The van der Waals surface area contributed by atoms with Crippen molar-refractivity contribution >= 4 is 39.0 Å². The number of aromatic amines is 1. The Morgan fingerprint density at radius 2 is 2.29 bits per heavy atom. The van der Waals surface area contributed by atoms with Gasteiger partial charge in [0.05, 0.1) is 6.33 Å². The van der Waals surface area contributed by atoms with Crippen LogP contribution in [0.2, 0.25) is 0 Å². The predicted octanol–water partition coefficient (Wildman–Crippen LogP) is 3.01. The first kappa shape index (κ1) is 12.1. The van der Waals surface area contributed by atoms with E-state index >= 15 is 0 Å². The highest BCUT2D eigenvalue weighted by Gasteiger charge is 2.05. The van der Waals surface area contributed by atoms with Crippen molar-refractivity contribution in [2.45, 2.75) is 5.88 Å². The number of benzene rings is 1. The van der Waals surface area contributed by atoms with E-state index in [0.29, 0.717) is 16.2 Å². The Morgan fingerprint density at radius 3 is 3.06 bits per heavy atom. The highest BCUT2D eigenvalue weighted by atomic mass is 79.9. The van der Waals surface area contributed by atoms with Gasteiger partial charge in [-0.15, -0.1) is 11.6 Å². The smallest absolute Gasteiger partial charge is 0.267 e. The average molecular weight is 315 g/mol. The summed E-state index contributed by atoms with van der Waals surface area (Å²) in [6.07, 6.45) is 1.35. The highest BCUT2D eigenvalue weighted by Crippen LogP contribution is 2.20. The fourth-order valence-corrected chi connectivity index (χ4v) is 1.82. The van der Waals surface area contributed by atoms with Crippen LogP contribution < -0.4 is 10.9 Å². The Balaban J connectivity index is 2.31. The molecule has 0 atom stereocenters. The number of nitrogens with zero attached hydrogens (tertiary/aromatic N) is 1. The summed E-state index contributed by atoms with van der Waals surface area (Å²) in [6.45, 7) is 0. The molecule has 2 N–H and O–H groups in total. The maximum Gasteiger partial charge on any atom is 0.267 e. The molecule has 0 saturated carbocycles. The predicted molar refractivity (Wildman–Crippen MR) is 71.8 cm³/mol. The van der Waals surface area contributed by atoms with E-state index in [4.69, 9.17) is 11.6 Å². The van der Waals surface area contributed by atoms with Gasteiger partial charge in [-0.3, -0.25) is 4.79 Å². The zero-order chi connectivity index (χ0) is 12.3. The van der Waals surface area contributed by atoms with E-state index in [1.54, 1.807) is 0 Å². The third-order valence-corrected chi connectivity index (χ3v) is 3.18. The molecule has 1 aromatic heterocycles. The van der Waals surface area contributed by atoms with Crippen molar-refractivity contribution < 1.29 is 0 Å². The summed E-state index contributed by atoms with van der Waals surface area (Å²) in [5.74, 6) is 0.917. The van der Waals surface area contributed by atoms with Crippen molar-refractivity contribution in [2.75, 3.05) is 5.32 Å². The first-order valence-corrected chi connectivity index (χ1v) is 6.18. The highest BCUT2D eigenvalue weighted by molar-refractivity contribution is 9.10. The van der Waals surface area contributed by atoms with Crippen LogP contribution in [-0.2, 0) is 5.88 Å². The molecule has 0 bridgehead atoms. The summed E-state index contributed by atoms with van der Waals surface area (Å²) in [5.41, 5.74) is 1.61. The molecular formula is C11H9BrClN3O. The fraction of sp³-hybridized carbons (Fsp3) is 0.0909. The van der Waals surface area contributed by atoms with Crippen LogP contribution in [0.15, 0.2) is 39.9 Å². The largest absolute Gasteiger partial charge is 0.339 e. The molecule has 0 spiro atoms. The lowest BCUT2D eigenvalue weighted by atomic mass is 10.2. The lowest BCUT2D eigenvalue weighted by molar-refractivity contribution is 1.10. The second-order valence-electron chi connectivity index (χ2n) is 3.35. The molecule has 0 aliphatic heterocycles. The van der Waals surface area contributed by atoms with Crippen molar-refractivity contribution in [3.05, 3.63) is 51.0 Å². The standard InChI is InChI=1S/C11H9BrClN3O/c12-9-10(14-6-15-11(9)17)16-8-3-1-2-7(4-8)5-13/h1-4,6H,5H2,(H2,14,15,16,17). The topological polar surface area (TPSA) is 57.8 Å². The Hall–Kier alpha value is -1.33. The van der Waals surface area contributed by atoms with E-state index in [1.807, 2.05) is 24.3 Å². The Kier molecular flexibility index (Phi) is 3.81. The maximum absolute atomic E-state index is 11.3. The monoisotopic (exact) mass is 313 g/mol. The lowest BCUT2D eigenvalue weighted by Crippen LogP contribution is -2.10. The van der Waals surface area contributed by atoms with Crippen LogP contribution in [0.4, 0.5) is 11.5 Å². The summed E-state index contributed by atoms with van der Waals surface area (Å²) in [7, 11) is 0. The van der Waals surface area contributed by atoms with Gasteiger partial charge in [-0.05, 0) is 33.6 Å². The summed E-state index contributed by atoms with van der Waals surface area (Å²) < 4.78 is 0.372. The number of aromatic nitrogens is 2. The van der Waals surface area contributed by atoms with Crippen LogP contribution in [0.25, 0.3) is 0 Å². The molecule has 0 amide bonds. The SMILES string of the molecule is O=c1[nH]cnc(Nc2cccc(CCl)c2)c1Br. The van der Waals surface area contributed by atoms with E-state index in [0.717, 1.165) is 11.3 Å². The normalized spacial score (nSPS) is 10.2. The molecular weight excluding hydrogens is 305 g/mol. The summed E-state index contributed by atoms with van der Waals surface area (Å²) in [4.78, 5) is 17.9. The molecule has 88 valence electrons. The van der Waals surface area contributed by atoms with Gasteiger partial charge in [0.2, 0.25) is 0 Å². The van der Waals surface area contributed by atoms with E-state index in [2.05, 4.69) is 31.2 Å². The first-order chi connectivity index (χ1) is 8.20. The van der Waals surface area contributed by atoms with Gasteiger partial charge in [0.25, 0.3) is 5.56 Å². The minimum absolute atomic E-state index is 0.226. The van der Waals surface area contributed by atoms with Gasteiger partial charge in [-0.1, -0.05) is 12.1 Å². The molecule has 1 aromatic carbocycles. The average Bonchev–Trinajstić information content (AvgIpc) is 2.35. The zero-order valence-corrected chi connectivity index (χ0v) is 11.0. The third kappa shape index (κ3) is 2.87. The van der Waals surface area contributed by atoms with E-state index < -0.39 is 0 Å². The fourth-order valence-electron chi connectivity index (χ4n) is 1.34. The molecule has 0 aliphatic carbocycles. The van der Waals surface area contributed by atoms with Crippen LogP contribution in [0.1, 0.15) is 5.56 Å². The van der Waals surface area contributed by atoms with Crippen LogP contribution in [0.3, 0.4) is 0 Å². The van der Waals surface area contributed by atoms with Crippen molar-refractivity contribution in [1.82, 2.24) is 9.97 Å². The molecule has 6 heteroatoms. The number of anilines is 2. The number of H-pyrrole nitrogens is 1. The van der Waals surface area contributed by atoms with Gasteiger partial charge in [-0.2, -0.15) is 0 Å². The number of nitrogens with one attached hydrogen (secondary N) is 2. The third-order valence-electron chi connectivity index (χ3n) is 2.14. The Labute approximate surface area is 111 Å². The van der Waals surface area contributed by atoms with Gasteiger partial charge in [0, 0.05) is 11.6 Å². The Morgan fingerprint density at radius 1 is 1.47 bits per heavy atom. The van der Waals surface area contributed by atoms with Gasteiger partial charge in [0.15, 0.2) is 5.82 Å². The summed E-state index contributed by atoms with van der Waals surface area (Å²) >= 11 is 8.93. The van der Waals surface area contributed by atoms with Crippen LogP contribution in [-0.4, -0.2) is 9.97 Å². The van der Waals surface area contributed by atoms with Crippen molar-refractivity contribution in [2.24, 2.45) is 0 Å². The molecule has 0 aliphatic rings. The van der Waals surface area contributed by atoms with Gasteiger partial charge < -0.3 is 10.3 Å². The summed E-state index contributed by atoms with van der Waals surface area (Å²) in [6, 6.07) is 7.60. The number of alkyl halides is 1. The van der Waals surface area contributed by atoms with E-state index in [-0.39, 0.29) is 5.56 Å². The summed E-state index contributed by atoms with van der Waals surface area (Å²) in [5, 5.41) is 3.05. The second kappa shape index (κ2) is 5.33. The number of halogens is 2. The van der Waals surface area contributed by atoms with E-state index in [9.17, 15) is 4.79 Å². The number of rotatable bonds is 3. The van der Waals surface area contributed by atoms with Crippen LogP contribution in [0.5, 0.6) is 0 Å². The Bertz CT molecular complexity index is 585. The van der Waals surface area contributed by atoms with Gasteiger partial charge >= 0.3 is 0 Å². The molecule has 0 unspecified atom stereocenters. The molecule has 0 radical (unpaired) electrons. The molecule has 0 saturated heterocycles. The number of hydrogen-bond acceptors (Lipinski definition) is 3. The maximum atomic E-state index is 11.3. The quantitative estimate of drug-likeness (QED) is 0.856. The lowest BCUT2D eigenvalue weighted by Gasteiger charge is -2.07. The van der Waals surface area contributed by atoms with Crippen molar-refractivity contribution in [3.63, 3.8) is 0 Å². The minimum Gasteiger partial charge on any atom is -0.339 e. The van der Waals surface area contributed by atoms with Crippen molar-refractivity contribution in [1.29, 1.82) is 0 Å². The van der Waals surface area contributed by atoms with Gasteiger partial charge in [0.1, 0.15) is 4.47 Å². The van der Waals surface area contributed by atoms with E-state index in [1.165, 1.54) is 6.33 Å². The second-order valence-corrected chi connectivity index (χ2v) is 4.41. The first-order valence-electron chi connectivity index (χ1n) is 4.86. The van der Waals surface area contributed by atoms with Crippen LogP contribution in [0, 0.1) is 0 Å². The van der Waals surface area contributed by atoms with Crippen molar-refractivity contribution in [3.8, 4) is 0 Å². The van der Waals surface area contributed by atoms with Crippen LogP contribution >= 0.6 is 27.5 Å². The molecule has 4 nitrogen and oxygen atoms in total.